The molecule has 0 aromatic rings. The van der Waals surface area contributed by atoms with Gasteiger partial charge in [-0.25, -0.2) is 5.43 Å². The van der Waals surface area contributed by atoms with Crippen LogP contribution in [0, 0.1) is 11.5 Å². The minimum Gasteiger partial charge on any atom is -0.262 e. The Hall–Kier alpha value is -1.24. The van der Waals surface area contributed by atoms with E-state index in [9.17, 15) is 0 Å². The molecule has 4 heteroatoms. The van der Waals surface area contributed by atoms with E-state index in [0.29, 0.717) is 0 Å². The van der Waals surface area contributed by atoms with Crippen LogP contribution in [-0.2, 0) is 4.79 Å². The Bertz CT molecular complexity index is 73.4. The van der Waals surface area contributed by atoms with Gasteiger partial charge in [0.15, 0.2) is 6.19 Å². The first kappa shape index (κ1) is 4.76. The molecule has 0 aromatic heterocycles. The van der Waals surface area contributed by atoms with Gasteiger partial charge in [-0.15, -0.1) is 0 Å². The number of hydrazine groups is 1. The molecule has 0 aromatic carbocycles. The van der Waals surface area contributed by atoms with Gasteiger partial charge < -0.3 is 0 Å². The van der Waals surface area contributed by atoms with Crippen molar-refractivity contribution in [3.63, 3.8) is 0 Å². The molecule has 0 heterocycles. The van der Waals surface area contributed by atoms with E-state index in [1.54, 1.807) is 5.43 Å². The second kappa shape index (κ2) is 3.76. The lowest BCUT2D eigenvalue weighted by Gasteiger charge is -1.80. The number of amides is 1. The molecule has 4 nitrogen and oxygen atoms in total. The fourth-order valence-electron chi connectivity index (χ4n) is 0.0535. The van der Waals surface area contributed by atoms with Gasteiger partial charge in [-0.2, -0.15) is 5.26 Å². The molecule has 0 saturated carbocycles. The first-order valence-corrected chi connectivity index (χ1v) is 1.18. The zero-order valence-electron chi connectivity index (χ0n) is 2.86. The maximum Gasteiger partial charge on any atom is 0.329 e. The Labute approximate surface area is 34.7 Å². The van der Waals surface area contributed by atoms with Gasteiger partial charge in [-0.3, -0.25) is 10.2 Å². The van der Waals surface area contributed by atoms with Crippen molar-refractivity contribution in [1.29, 1.82) is 5.26 Å². The van der Waals surface area contributed by atoms with Crippen LogP contribution in [0.25, 0.3) is 0 Å². The van der Waals surface area contributed by atoms with Crippen molar-refractivity contribution in [2.24, 2.45) is 0 Å². The zero-order valence-corrected chi connectivity index (χ0v) is 2.86. The molecule has 31 valence electrons. The molecule has 1 radical (unpaired) electrons. The van der Waals surface area contributed by atoms with E-state index in [2.05, 4.69) is 0 Å². The first-order valence-electron chi connectivity index (χ1n) is 1.18. The Morgan fingerprint density at radius 3 is 2.33 bits per heavy atom. The number of nitrogens with zero attached hydrogens (tertiary/aromatic N) is 1. The number of nitrogens with one attached hydrogen (secondary N) is 2. The highest BCUT2D eigenvalue weighted by Gasteiger charge is 1.64. The Morgan fingerprint density at radius 2 is 2.17 bits per heavy atom. The second-order valence-corrected chi connectivity index (χ2v) is 0.464. The standard InChI is InChI=1S/C2H2N3O/c3-1-4-5-2-6/h4H,(H,5,6). The number of nitriles is 1. The second-order valence-electron chi connectivity index (χ2n) is 0.464. The van der Waals surface area contributed by atoms with Crippen LogP contribution in [0.2, 0.25) is 0 Å². The monoisotopic (exact) mass is 84.0 g/mol. The first-order chi connectivity index (χ1) is 2.91. The zero-order chi connectivity index (χ0) is 4.83. The molecular formula is C2H2N3O. The summed E-state index contributed by atoms with van der Waals surface area (Å²) in [7, 11) is 0. The van der Waals surface area contributed by atoms with E-state index < -0.39 is 0 Å². The molecule has 0 fully saturated rings. The normalized spacial score (nSPS) is 5.17. The van der Waals surface area contributed by atoms with E-state index in [1.165, 1.54) is 12.6 Å². The third-order valence-corrected chi connectivity index (χ3v) is 0.169. The summed E-state index contributed by atoms with van der Waals surface area (Å²) in [5.74, 6) is 0. The fourth-order valence-corrected chi connectivity index (χ4v) is 0.0535. The van der Waals surface area contributed by atoms with Crippen molar-refractivity contribution in [3.05, 3.63) is 0 Å². The maximum atomic E-state index is 9.11. The van der Waals surface area contributed by atoms with Crippen LogP contribution in [0.4, 0.5) is 0 Å². The highest BCUT2D eigenvalue weighted by Crippen LogP contribution is 1.25. The molecule has 0 saturated heterocycles. The number of hydrogen-bond acceptors (Lipinski definition) is 3. The van der Waals surface area contributed by atoms with Crippen LogP contribution in [0.15, 0.2) is 0 Å². The Balaban J connectivity index is 2.72. The van der Waals surface area contributed by atoms with Gasteiger partial charge in [-0.1, -0.05) is 0 Å². The molecule has 1 amide bonds. The average Bonchev–Trinajstić information content (AvgIpc) is 1.61. The van der Waals surface area contributed by atoms with Crippen molar-refractivity contribution in [3.8, 4) is 6.19 Å². The minimum absolute atomic E-state index is 1.23. The summed E-state index contributed by atoms with van der Waals surface area (Å²) in [6.07, 6.45) is 2.68. The van der Waals surface area contributed by atoms with Gasteiger partial charge in [0.05, 0.1) is 0 Å². The van der Waals surface area contributed by atoms with Crippen LogP contribution in [0.5, 0.6) is 0 Å². The van der Waals surface area contributed by atoms with Crippen molar-refractivity contribution in [2.45, 2.75) is 0 Å². The number of carbonyl (C=O) groups excluding carboxylic acids is 1. The molecule has 0 bridgehead atoms. The van der Waals surface area contributed by atoms with Crippen molar-refractivity contribution < 1.29 is 4.79 Å². The molecule has 0 aliphatic heterocycles. The van der Waals surface area contributed by atoms with E-state index in [1.807, 2.05) is 5.43 Å². The third-order valence-electron chi connectivity index (χ3n) is 0.169. The van der Waals surface area contributed by atoms with Crippen LogP contribution in [-0.4, -0.2) is 6.41 Å². The van der Waals surface area contributed by atoms with E-state index in [4.69, 9.17) is 10.1 Å². The third kappa shape index (κ3) is 2.76. The summed E-state index contributed by atoms with van der Waals surface area (Å²) in [5.41, 5.74) is 3.61. The lowest BCUT2D eigenvalue weighted by atomic mass is 11.3. The predicted molar refractivity (Wildman–Crippen MR) is 17.6 cm³/mol. The van der Waals surface area contributed by atoms with Gasteiger partial charge >= 0.3 is 6.41 Å². The molecule has 0 aliphatic rings. The van der Waals surface area contributed by atoms with Gasteiger partial charge in [0, 0.05) is 0 Å². The molecule has 0 aliphatic carbocycles. The Morgan fingerprint density at radius 1 is 1.50 bits per heavy atom. The minimum atomic E-state index is 1.23. The molecular weight excluding hydrogens is 82.0 g/mol. The average molecular weight is 84.1 g/mol. The van der Waals surface area contributed by atoms with Gasteiger partial charge in [-0.05, 0) is 0 Å². The van der Waals surface area contributed by atoms with Gasteiger partial charge in [0.25, 0.3) is 0 Å². The molecule has 2 N–H and O–H groups in total. The number of rotatable bonds is 2. The summed E-state index contributed by atoms with van der Waals surface area (Å²) in [5, 5.41) is 7.59. The van der Waals surface area contributed by atoms with Crippen LogP contribution < -0.4 is 10.9 Å². The van der Waals surface area contributed by atoms with Crippen molar-refractivity contribution >= 4 is 6.41 Å². The predicted octanol–water partition coefficient (Wildman–Crippen LogP) is -1.37. The summed E-state index contributed by atoms with van der Waals surface area (Å²) in [6, 6.07) is 0. The summed E-state index contributed by atoms with van der Waals surface area (Å²) in [6.45, 7) is 0. The lowest BCUT2D eigenvalue weighted by molar-refractivity contribution is 0.536. The smallest absolute Gasteiger partial charge is 0.262 e. The highest BCUT2D eigenvalue weighted by atomic mass is 16.1. The number of hydrogen-bond donors (Lipinski definition) is 2. The van der Waals surface area contributed by atoms with Gasteiger partial charge in [0.1, 0.15) is 0 Å². The quantitative estimate of drug-likeness (QED) is 0.188. The fraction of sp³-hybridized carbons (Fsp3) is 0. The highest BCUT2D eigenvalue weighted by molar-refractivity contribution is 5.46. The van der Waals surface area contributed by atoms with Crippen LogP contribution in [0.3, 0.4) is 0 Å². The summed E-state index contributed by atoms with van der Waals surface area (Å²) < 4.78 is 0. The van der Waals surface area contributed by atoms with Crippen molar-refractivity contribution in [2.75, 3.05) is 0 Å². The van der Waals surface area contributed by atoms with Gasteiger partial charge in [0.2, 0.25) is 0 Å². The topological polar surface area (TPSA) is 64.9 Å². The largest absolute Gasteiger partial charge is 0.329 e. The lowest BCUT2D eigenvalue weighted by Crippen LogP contribution is -2.24. The van der Waals surface area contributed by atoms with E-state index in [-0.39, 0.29) is 0 Å². The van der Waals surface area contributed by atoms with E-state index in [0.717, 1.165) is 0 Å². The Kier molecular flexibility index (Phi) is 2.98. The maximum absolute atomic E-state index is 9.11. The molecule has 0 atom stereocenters. The molecule has 0 unspecified atom stereocenters. The molecule has 6 heavy (non-hydrogen) atoms. The van der Waals surface area contributed by atoms with Crippen LogP contribution >= 0.6 is 0 Å². The van der Waals surface area contributed by atoms with Crippen LogP contribution in [0.1, 0.15) is 0 Å². The van der Waals surface area contributed by atoms with E-state index >= 15 is 0 Å². The SMILES string of the molecule is N#CNN[C]=O. The summed E-state index contributed by atoms with van der Waals surface area (Å²) >= 11 is 0. The molecule has 0 rings (SSSR count). The van der Waals surface area contributed by atoms with Crippen molar-refractivity contribution in [1.82, 2.24) is 10.9 Å². The molecule has 0 spiro atoms. The summed E-state index contributed by atoms with van der Waals surface area (Å²) in [4.78, 5) is 9.11.